The average molecular weight is 295 g/mol. The van der Waals surface area contributed by atoms with Gasteiger partial charge in [-0.15, -0.1) is 0 Å². The van der Waals surface area contributed by atoms with Gasteiger partial charge >= 0.3 is 0 Å². The lowest BCUT2D eigenvalue weighted by atomic mass is 9.86. The fourth-order valence-corrected chi connectivity index (χ4v) is 3.73. The maximum atomic E-state index is 6.48. The van der Waals surface area contributed by atoms with Crippen LogP contribution in [0.4, 0.5) is 5.69 Å². The minimum absolute atomic E-state index is 0.158. The van der Waals surface area contributed by atoms with E-state index in [-0.39, 0.29) is 6.04 Å². The van der Waals surface area contributed by atoms with Gasteiger partial charge in [0.05, 0.1) is 10.7 Å². The third-order valence-electron chi connectivity index (χ3n) is 4.42. The first kappa shape index (κ1) is 15.7. The summed E-state index contributed by atoms with van der Waals surface area (Å²) in [5, 5.41) is 0.851. The summed E-state index contributed by atoms with van der Waals surface area (Å²) in [7, 11) is 2.19. The molecule has 0 aliphatic heterocycles. The molecule has 0 heterocycles. The molecule has 1 fully saturated rings. The van der Waals surface area contributed by atoms with Gasteiger partial charge < -0.3 is 10.6 Å². The molecule has 20 heavy (non-hydrogen) atoms. The van der Waals surface area contributed by atoms with Crippen molar-refractivity contribution in [2.24, 2.45) is 11.7 Å². The van der Waals surface area contributed by atoms with Gasteiger partial charge in [-0.25, -0.2) is 0 Å². The van der Waals surface area contributed by atoms with Crippen LogP contribution in [0.3, 0.4) is 0 Å². The Kier molecular flexibility index (Phi) is 5.34. The van der Waals surface area contributed by atoms with Crippen LogP contribution in [-0.2, 0) is 6.42 Å². The molecule has 2 nitrogen and oxygen atoms in total. The molecular weight excluding hydrogens is 268 g/mol. The summed E-state index contributed by atoms with van der Waals surface area (Å²) < 4.78 is 0. The van der Waals surface area contributed by atoms with E-state index < -0.39 is 0 Å². The van der Waals surface area contributed by atoms with Gasteiger partial charge in [0.15, 0.2) is 0 Å². The molecule has 1 aromatic rings. The number of rotatable bonds is 4. The highest BCUT2D eigenvalue weighted by molar-refractivity contribution is 6.33. The quantitative estimate of drug-likeness (QED) is 0.900. The molecular formula is C17H27ClN2. The molecule has 0 spiro atoms. The minimum Gasteiger partial charge on any atom is -0.370 e. The van der Waals surface area contributed by atoms with Crippen LogP contribution in [-0.4, -0.2) is 19.1 Å². The molecule has 3 heteroatoms. The van der Waals surface area contributed by atoms with Gasteiger partial charge in [-0.3, -0.25) is 0 Å². The SMILES string of the molecule is CC(N)Cc1cccc(Cl)c1N(C)C1CCCC(C)C1. The van der Waals surface area contributed by atoms with Crippen LogP contribution < -0.4 is 10.6 Å². The van der Waals surface area contributed by atoms with Crippen LogP contribution in [0.5, 0.6) is 0 Å². The van der Waals surface area contributed by atoms with Gasteiger partial charge in [0.25, 0.3) is 0 Å². The molecule has 0 saturated heterocycles. The first-order valence-electron chi connectivity index (χ1n) is 7.74. The van der Waals surface area contributed by atoms with Crippen molar-refractivity contribution in [1.82, 2.24) is 0 Å². The number of hydrogen-bond donors (Lipinski definition) is 1. The minimum atomic E-state index is 0.158. The van der Waals surface area contributed by atoms with Gasteiger partial charge in [0.2, 0.25) is 0 Å². The second-order valence-corrected chi connectivity index (χ2v) is 6.87. The van der Waals surface area contributed by atoms with Crippen LogP contribution >= 0.6 is 11.6 Å². The molecule has 2 N–H and O–H groups in total. The van der Waals surface area contributed by atoms with Crippen LogP contribution in [0.15, 0.2) is 18.2 Å². The summed E-state index contributed by atoms with van der Waals surface area (Å²) in [6, 6.07) is 6.94. The molecule has 112 valence electrons. The smallest absolute Gasteiger partial charge is 0.0642 e. The van der Waals surface area contributed by atoms with Crippen LogP contribution in [0.25, 0.3) is 0 Å². The predicted molar refractivity (Wildman–Crippen MR) is 88.6 cm³/mol. The Morgan fingerprint density at radius 2 is 2.15 bits per heavy atom. The summed E-state index contributed by atoms with van der Waals surface area (Å²) >= 11 is 6.48. The third kappa shape index (κ3) is 3.67. The summed E-state index contributed by atoms with van der Waals surface area (Å²) in [5.74, 6) is 0.815. The molecule has 1 aromatic carbocycles. The molecule has 0 bridgehead atoms. The van der Waals surface area contributed by atoms with Crippen molar-refractivity contribution in [3.8, 4) is 0 Å². The Morgan fingerprint density at radius 1 is 1.40 bits per heavy atom. The van der Waals surface area contributed by atoms with E-state index in [9.17, 15) is 0 Å². The lowest BCUT2D eigenvalue weighted by Gasteiger charge is -2.37. The van der Waals surface area contributed by atoms with E-state index >= 15 is 0 Å². The number of benzene rings is 1. The number of nitrogens with two attached hydrogens (primary N) is 1. The largest absolute Gasteiger partial charge is 0.370 e. The highest BCUT2D eigenvalue weighted by atomic mass is 35.5. The topological polar surface area (TPSA) is 29.3 Å². The van der Waals surface area contributed by atoms with Crippen molar-refractivity contribution in [1.29, 1.82) is 0 Å². The zero-order valence-electron chi connectivity index (χ0n) is 12.9. The maximum absolute atomic E-state index is 6.48. The molecule has 1 aliphatic carbocycles. The van der Waals surface area contributed by atoms with Gasteiger partial charge in [-0.05, 0) is 43.7 Å². The Balaban J connectivity index is 2.25. The summed E-state index contributed by atoms with van der Waals surface area (Å²) in [5.41, 5.74) is 8.44. The first-order valence-corrected chi connectivity index (χ1v) is 8.12. The van der Waals surface area contributed by atoms with Crippen molar-refractivity contribution in [2.75, 3.05) is 11.9 Å². The lowest BCUT2D eigenvalue weighted by molar-refractivity contribution is 0.336. The van der Waals surface area contributed by atoms with Crippen molar-refractivity contribution >= 4 is 17.3 Å². The molecule has 3 atom stereocenters. The average Bonchev–Trinajstić information content (AvgIpc) is 2.37. The van der Waals surface area contributed by atoms with E-state index in [1.54, 1.807) is 0 Å². The highest BCUT2D eigenvalue weighted by Gasteiger charge is 2.25. The van der Waals surface area contributed by atoms with Crippen molar-refractivity contribution in [3.05, 3.63) is 28.8 Å². The standard InChI is InChI=1S/C17H27ClN2/c1-12-6-4-8-15(10-12)20(3)17-14(11-13(2)19)7-5-9-16(17)18/h5,7,9,12-13,15H,4,6,8,10-11,19H2,1-3H3. The number of halogens is 1. The van der Waals surface area contributed by atoms with Crippen LogP contribution in [0.2, 0.25) is 5.02 Å². The van der Waals surface area contributed by atoms with Crippen molar-refractivity contribution in [3.63, 3.8) is 0 Å². The Morgan fingerprint density at radius 3 is 2.80 bits per heavy atom. The molecule has 2 rings (SSSR count). The first-order chi connectivity index (χ1) is 9.49. The van der Waals surface area contributed by atoms with Crippen molar-refractivity contribution in [2.45, 2.75) is 58.0 Å². The Hall–Kier alpha value is -0.730. The monoisotopic (exact) mass is 294 g/mol. The fraction of sp³-hybridized carbons (Fsp3) is 0.647. The van der Waals surface area contributed by atoms with E-state index in [0.717, 1.165) is 17.4 Å². The van der Waals surface area contributed by atoms with E-state index in [0.29, 0.717) is 6.04 Å². The summed E-state index contributed by atoms with van der Waals surface area (Å²) in [4.78, 5) is 2.40. The molecule has 0 aromatic heterocycles. The zero-order chi connectivity index (χ0) is 14.7. The Labute approximate surface area is 128 Å². The number of hydrogen-bond acceptors (Lipinski definition) is 2. The third-order valence-corrected chi connectivity index (χ3v) is 4.73. The fourth-order valence-electron chi connectivity index (χ4n) is 3.40. The van der Waals surface area contributed by atoms with Gasteiger partial charge in [0.1, 0.15) is 0 Å². The summed E-state index contributed by atoms with van der Waals surface area (Å²) in [6.07, 6.45) is 6.09. The van der Waals surface area contributed by atoms with E-state index in [1.165, 1.54) is 36.9 Å². The van der Waals surface area contributed by atoms with E-state index in [1.807, 2.05) is 19.1 Å². The Bertz CT molecular complexity index is 445. The lowest BCUT2D eigenvalue weighted by Crippen LogP contribution is -2.36. The number of nitrogens with zero attached hydrogens (tertiary/aromatic N) is 1. The summed E-state index contributed by atoms with van der Waals surface area (Å²) in [6.45, 7) is 4.41. The molecule has 0 radical (unpaired) electrons. The maximum Gasteiger partial charge on any atom is 0.0642 e. The van der Waals surface area contributed by atoms with Crippen molar-refractivity contribution < 1.29 is 0 Å². The van der Waals surface area contributed by atoms with Gasteiger partial charge in [-0.1, -0.05) is 43.5 Å². The highest BCUT2D eigenvalue weighted by Crippen LogP contribution is 2.35. The normalized spacial score (nSPS) is 24.4. The predicted octanol–water partition coefficient (Wildman–Crippen LogP) is 4.24. The molecule has 1 aliphatic rings. The number of anilines is 1. The van der Waals surface area contributed by atoms with Gasteiger partial charge in [0, 0.05) is 19.1 Å². The number of para-hydroxylation sites is 1. The second kappa shape index (κ2) is 6.82. The zero-order valence-corrected chi connectivity index (χ0v) is 13.7. The molecule has 0 amide bonds. The van der Waals surface area contributed by atoms with E-state index in [2.05, 4.69) is 24.9 Å². The second-order valence-electron chi connectivity index (χ2n) is 6.47. The van der Waals surface area contributed by atoms with E-state index in [4.69, 9.17) is 17.3 Å². The van der Waals surface area contributed by atoms with Crippen LogP contribution in [0, 0.1) is 5.92 Å². The van der Waals surface area contributed by atoms with Crippen LogP contribution in [0.1, 0.15) is 45.1 Å². The molecule has 3 unspecified atom stereocenters. The van der Waals surface area contributed by atoms with Gasteiger partial charge in [-0.2, -0.15) is 0 Å². The molecule has 1 saturated carbocycles.